The second-order valence-corrected chi connectivity index (χ2v) is 5.60. The number of tetrazole rings is 1. The molecule has 0 aliphatic heterocycles. The number of nitrogens with zero attached hydrogens (tertiary/aromatic N) is 4. The molecule has 0 radical (unpaired) electrons. The van der Waals surface area contributed by atoms with E-state index in [-0.39, 0.29) is 10.8 Å². The van der Waals surface area contributed by atoms with Gasteiger partial charge in [-0.2, -0.15) is 4.80 Å². The van der Waals surface area contributed by atoms with Gasteiger partial charge in [0.1, 0.15) is 0 Å². The smallest absolute Gasteiger partial charge is 0.277 e. The molecule has 0 spiro atoms. The zero-order chi connectivity index (χ0) is 14.0. The third-order valence-corrected chi connectivity index (χ3v) is 3.87. The first-order valence-corrected chi connectivity index (χ1v) is 7.06. The SMILES string of the molecule is CCc1ccc(S(=O)(=O)Nc2nnn(C)n2)cc1N. The molecule has 9 heteroatoms. The van der Waals surface area contributed by atoms with Gasteiger partial charge in [-0.05, 0) is 29.3 Å². The van der Waals surface area contributed by atoms with Crippen LogP contribution < -0.4 is 10.5 Å². The van der Waals surface area contributed by atoms with Crippen LogP contribution in [-0.4, -0.2) is 28.6 Å². The molecule has 0 aliphatic rings. The third-order valence-electron chi connectivity index (χ3n) is 2.54. The first-order valence-electron chi connectivity index (χ1n) is 5.57. The van der Waals surface area contributed by atoms with Crippen LogP contribution in [0.5, 0.6) is 0 Å². The van der Waals surface area contributed by atoms with Gasteiger partial charge in [0.25, 0.3) is 16.0 Å². The molecule has 2 rings (SSSR count). The number of hydrogen-bond donors (Lipinski definition) is 2. The van der Waals surface area contributed by atoms with E-state index in [9.17, 15) is 8.42 Å². The highest BCUT2D eigenvalue weighted by Gasteiger charge is 2.17. The van der Waals surface area contributed by atoms with Gasteiger partial charge in [0.05, 0.1) is 11.9 Å². The molecule has 0 saturated carbocycles. The summed E-state index contributed by atoms with van der Waals surface area (Å²) in [7, 11) is -2.22. The molecule has 1 aromatic carbocycles. The Morgan fingerprint density at radius 1 is 1.42 bits per heavy atom. The number of hydrogen-bond acceptors (Lipinski definition) is 6. The fraction of sp³-hybridized carbons (Fsp3) is 0.300. The first kappa shape index (κ1) is 13.3. The number of sulfonamides is 1. The normalized spacial score (nSPS) is 11.5. The van der Waals surface area contributed by atoms with E-state index in [1.165, 1.54) is 12.1 Å². The molecule has 0 fully saturated rings. The molecular weight excluding hydrogens is 268 g/mol. The fourth-order valence-corrected chi connectivity index (χ4v) is 2.54. The molecule has 102 valence electrons. The van der Waals surface area contributed by atoms with E-state index in [2.05, 4.69) is 20.1 Å². The summed E-state index contributed by atoms with van der Waals surface area (Å²) in [5.41, 5.74) is 7.13. The minimum absolute atomic E-state index is 0.0645. The first-order chi connectivity index (χ1) is 8.92. The zero-order valence-corrected chi connectivity index (χ0v) is 11.3. The molecule has 0 aliphatic carbocycles. The summed E-state index contributed by atoms with van der Waals surface area (Å²) in [5.74, 6) is -0.0827. The van der Waals surface area contributed by atoms with Gasteiger partial charge in [0.2, 0.25) is 0 Å². The van der Waals surface area contributed by atoms with Gasteiger partial charge in [-0.1, -0.05) is 18.1 Å². The largest absolute Gasteiger partial charge is 0.398 e. The van der Waals surface area contributed by atoms with E-state index >= 15 is 0 Å². The Kier molecular flexibility index (Phi) is 3.38. The van der Waals surface area contributed by atoms with Gasteiger partial charge < -0.3 is 5.73 Å². The monoisotopic (exact) mass is 282 g/mol. The number of aromatic nitrogens is 4. The van der Waals surface area contributed by atoms with Gasteiger partial charge in [-0.3, -0.25) is 0 Å². The number of nitrogens with one attached hydrogen (secondary N) is 1. The minimum atomic E-state index is -3.76. The second kappa shape index (κ2) is 4.84. The summed E-state index contributed by atoms with van der Waals surface area (Å²) >= 11 is 0. The summed E-state index contributed by atoms with van der Waals surface area (Å²) in [5, 5.41) is 10.9. The van der Waals surface area contributed by atoms with E-state index in [0.717, 1.165) is 16.8 Å². The van der Waals surface area contributed by atoms with Gasteiger partial charge in [0, 0.05) is 5.69 Å². The lowest BCUT2D eigenvalue weighted by Crippen LogP contribution is -2.14. The van der Waals surface area contributed by atoms with Gasteiger partial charge in [0.15, 0.2) is 0 Å². The van der Waals surface area contributed by atoms with Crippen molar-refractivity contribution in [2.75, 3.05) is 10.5 Å². The number of anilines is 2. The summed E-state index contributed by atoms with van der Waals surface area (Å²) in [6.07, 6.45) is 0.741. The molecule has 0 bridgehead atoms. The summed E-state index contributed by atoms with van der Waals surface area (Å²) in [4.78, 5) is 1.22. The van der Waals surface area contributed by atoms with E-state index in [1.54, 1.807) is 13.1 Å². The molecule has 0 atom stereocenters. The van der Waals surface area contributed by atoms with Crippen molar-refractivity contribution in [1.82, 2.24) is 20.2 Å². The Morgan fingerprint density at radius 2 is 2.16 bits per heavy atom. The van der Waals surface area contributed by atoms with Crippen molar-refractivity contribution in [2.45, 2.75) is 18.2 Å². The molecular formula is C10H14N6O2S. The number of nitrogen functional groups attached to an aromatic ring is 1. The van der Waals surface area contributed by atoms with E-state index in [4.69, 9.17) is 5.73 Å². The highest BCUT2D eigenvalue weighted by molar-refractivity contribution is 7.92. The maximum absolute atomic E-state index is 12.1. The lowest BCUT2D eigenvalue weighted by molar-refractivity contribution is 0.600. The summed E-state index contributed by atoms with van der Waals surface area (Å²) in [6, 6.07) is 4.60. The summed E-state index contributed by atoms with van der Waals surface area (Å²) in [6.45, 7) is 1.95. The minimum Gasteiger partial charge on any atom is -0.398 e. The average Bonchev–Trinajstić information content (AvgIpc) is 2.73. The van der Waals surface area contributed by atoms with Gasteiger partial charge >= 0.3 is 0 Å². The highest BCUT2D eigenvalue weighted by atomic mass is 32.2. The number of nitrogens with two attached hydrogens (primary N) is 1. The Hall–Kier alpha value is -2.16. The van der Waals surface area contributed by atoms with Crippen molar-refractivity contribution >= 4 is 21.7 Å². The molecule has 3 N–H and O–H groups in total. The van der Waals surface area contributed by atoms with Crippen molar-refractivity contribution in [3.8, 4) is 0 Å². The average molecular weight is 282 g/mol. The Labute approximate surface area is 110 Å². The lowest BCUT2D eigenvalue weighted by Gasteiger charge is -2.07. The maximum atomic E-state index is 12.1. The number of rotatable bonds is 4. The van der Waals surface area contributed by atoms with Crippen LogP contribution in [0.25, 0.3) is 0 Å². The number of aryl methyl sites for hydroxylation is 2. The number of benzene rings is 1. The van der Waals surface area contributed by atoms with Crippen LogP contribution in [0.3, 0.4) is 0 Å². The molecule has 2 aromatic rings. The van der Waals surface area contributed by atoms with E-state index in [1.807, 2.05) is 6.92 Å². The van der Waals surface area contributed by atoms with Gasteiger partial charge in [-0.15, -0.1) is 5.10 Å². The Balaban J connectivity index is 2.31. The van der Waals surface area contributed by atoms with Crippen LogP contribution in [0.15, 0.2) is 23.1 Å². The standard InChI is InChI=1S/C10H14N6O2S/c1-3-7-4-5-8(6-9(7)11)19(17,18)14-10-12-15-16(2)13-10/h4-6H,3,11H2,1-2H3,(H,13,14). The molecule has 0 saturated heterocycles. The predicted molar refractivity (Wildman–Crippen MR) is 69.8 cm³/mol. The van der Waals surface area contributed by atoms with Crippen molar-refractivity contribution in [3.05, 3.63) is 23.8 Å². The predicted octanol–water partition coefficient (Wildman–Crippen LogP) is 0.155. The molecule has 8 nitrogen and oxygen atoms in total. The molecule has 1 heterocycles. The topological polar surface area (TPSA) is 116 Å². The Bertz CT molecular complexity index is 694. The fourth-order valence-electron chi connectivity index (χ4n) is 1.57. The van der Waals surface area contributed by atoms with Crippen molar-refractivity contribution in [3.63, 3.8) is 0 Å². The van der Waals surface area contributed by atoms with Crippen LogP contribution >= 0.6 is 0 Å². The van der Waals surface area contributed by atoms with E-state index in [0.29, 0.717) is 5.69 Å². The Morgan fingerprint density at radius 3 is 2.68 bits per heavy atom. The van der Waals surface area contributed by atoms with Crippen LogP contribution in [-0.2, 0) is 23.5 Å². The molecule has 0 amide bonds. The molecule has 1 aromatic heterocycles. The quantitative estimate of drug-likeness (QED) is 0.771. The van der Waals surface area contributed by atoms with Crippen LogP contribution in [0, 0.1) is 0 Å². The second-order valence-electron chi connectivity index (χ2n) is 3.92. The van der Waals surface area contributed by atoms with Crippen molar-refractivity contribution < 1.29 is 8.42 Å². The van der Waals surface area contributed by atoms with Crippen molar-refractivity contribution in [2.24, 2.45) is 7.05 Å². The van der Waals surface area contributed by atoms with E-state index < -0.39 is 10.0 Å². The zero-order valence-electron chi connectivity index (χ0n) is 10.5. The van der Waals surface area contributed by atoms with Crippen molar-refractivity contribution in [1.29, 1.82) is 0 Å². The maximum Gasteiger partial charge on any atom is 0.277 e. The third kappa shape index (κ3) is 2.81. The van der Waals surface area contributed by atoms with Crippen LogP contribution in [0.1, 0.15) is 12.5 Å². The summed E-state index contributed by atoms with van der Waals surface area (Å²) < 4.78 is 26.4. The van der Waals surface area contributed by atoms with Crippen LogP contribution in [0.2, 0.25) is 0 Å². The molecule has 19 heavy (non-hydrogen) atoms. The highest BCUT2D eigenvalue weighted by Crippen LogP contribution is 2.19. The lowest BCUT2D eigenvalue weighted by atomic mass is 10.1. The molecule has 0 unspecified atom stereocenters. The van der Waals surface area contributed by atoms with Gasteiger partial charge in [-0.25, -0.2) is 13.1 Å². The van der Waals surface area contributed by atoms with Crippen LogP contribution in [0.4, 0.5) is 11.6 Å².